The molecule has 2 atom stereocenters. The van der Waals surface area contributed by atoms with Gasteiger partial charge in [-0.3, -0.25) is 19.3 Å². The number of methoxy groups -OCH3 is 1. The molecule has 2 aromatic carbocycles. The minimum Gasteiger partial charge on any atom is -0.495 e. The molecule has 2 aliphatic carbocycles. The lowest BCUT2D eigenvalue weighted by molar-refractivity contribution is -0.126. The Bertz CT molecular complexity index is 2230. The molecule has 2 saturated carbocycles. The normalized spacial score (nSPS) is 17.0. The number of aldehydes is 2. The summed E-state index contributed by atoms with van der Waals surface area (Å²) in [4.78, 5) is 62.7. The van der Waals surface area contributed by atoms with Crippen LogP contribution in [0, 0.1) is 11.8 Å². The van der Waals surface area contributed by atoms with Crippen LogP contribution in [0.15, 0.2) is 48.8 Å². The third-order valence-corrected chi connectivity index (χ3v) is 13.4. The van der Waals surface area contributed by atoms with Gasteiger partial charge in [0.2, 0.25) is 18.3 Å². The lowest BCUT2D eigenvalue weighted by Gasteiger charge is -2.37. The first kappa shape index (κ1) is 53.9. The first-order chi connectivity index (χ1) is 33.5. The van der Waals surface area contributed by atoms with Crippen molar-refractivity contribution < 1.29 is 28.7 Å². The first-order valence-corrected chi connectivity index (χ1v) is 24.5. The first-order valence-electron chi connectivity index (χ1n) is 24.5. The summed E-state index contributed by atoms with van der Waals surface area (Å²) in [6, 6.07) is 11.7. The van der Waals surface area contributed by atoms with Gasteiger partial charge in [-0.1, -0.05) is 49.8 Å². The summed E-state index contributed by atoms with van der Waals surface area (Å²) in [5.74, 6) is 14.5. The van der Waals surface area contributed by atoms with E-state index < -0.39 is 6.04 Å². The fourth-order valence-electron chi connectivity index (χ4n) is 9.23. The molecule has 7 N–H and O–H groups in total. The summed E-state index contributed by atoms with van der Waals surface area (Å²) in [5, 5.41) is 11.4. The second-order valence-corrected chi connectivity index (χ2v) is 18.1. The molecule has 0 radical (unpaired) electrons. The smallest absolute Gasteiger partial charge is 0.237 e. The molecule has 1 aromatic heterocycles. The number of benzene rings is 2. The van der Waals surface area contributed by atoms with E-state index in [0.29, 0.717) is 79.0 Å². The molecule has 2 amide bonds. The fourth-order valence-corrected chi connectivity index (χ4v) is 9.23. The lowest BCUT2D eigenvalue weighted by atomic mass is 9.91. The van der Waals surface area contributed by atoms with Gasteiger partial charge in [0.1, 0.15) is 24.0 Å². The van der Waals surface area contributed by atoms with E-state index in [1.54, 1.807) is 50.7 Å². The Balaban J connectivity index is 1.06. The molecule has 3 aromatic rings. The highest BCUT2D eigenvalue weighted by molar-refractivity contribution is 5.83. The average molecular weight is 950 g/mol. The largest absolute Gasteiger partial charge is 0.495 e. The monoisotopic (exact) mass is 950 g/mol. The number of hydrogen-bond donors (Lipinski definition) is 5. The fraction of sp³-hybridized carbons (Fsp3) is 0.538. The third-order valence-electron chi connectivity index (χ3n) is 13.4. The van der Waals surface area contributed by atoms with Crippen molar-refractivity contribution in [1.29, 1.82) is 0 Å². The highest BCUT2D eigenvalue weighted by Crippen LogP contribution is 2.37. The minimum atomic E-state index is -0.510. The van der Waals surface area contributed by atoms with Gasteiger partial charge in [0.15, 0.2) is 5.82 Å². The van der Waals surface area contributed by atoms with Crippen molar-refractivity contribution in [2.24, 2.45) is 11.6 Å². The number of hydrogen-bond acceptors (Lipinski definition) is 15. The molecular formula is C52H75N11O6. The van der Waals surface area contributed by atoms with Gasteiger partial charge in [0, 0.05) is 87.1 Å². The molecular weight excluding hydrogens is 875 g/mol. The maximum atomic E-state index is 12.5. The Hall–Kier alpha value is -6.06. The van der Waals surface area contributed by atoms with Crippen LogP contribution in [0.2, 0.25) is 0 Å². The Morgan fingerprint density at radius 1 is 1.03 bits per heavy atom. The maximum Gasteiger partial charge on any atom is 0.237 e. The number of aromatic nitrogens is 2. The zero-order chi connectivity index (χ0) is 49.7. The van der Waals surface area contributed by atoms with Crippen molar-refractivity contribution >= 4 is 53.7 Å². The predicted octanol–water partition coefficient (Wildman–Crippen LogP) is 5.89. The summed E-state index contributed by atoms with van der Waals surface area (Å²) in [5.41, 5.74) is 11.3. The molecule has 0 spiro atoms. The second-order valence-electron chi connectivity index (χ2n) is 18.1. The quantitative estimate of drug-likeness (QED) is 0.0198. The van der Waals surface area contributed by atoms with Gasteiger partial charge in [-0.25, -0.2) is 10.8 Å². The van der Waals surface area contributed by atoms with Crippen LogP contribution in [-0.2, 0) is 25.7 Å². The molecule has 0 saturated heterocycles. The molecule has 69 heavy (non-hydrogen) atoms. The number of anilines is 4. The highest BCUT2D eigenvalue weighted by Gasteiger charge is 2.31. The molecule has 374 valence electrons. The number of nitrogens with two attached hydrogens (primary N) is 2. The van der Waals surface area contributed by atoms with Crippen LogP contribution in [0.5, 0.6) is 5.75 Å². The molecule has 5 rings (SSSR count). The lowest BCUT2D eigenvalue weighted by Crippen LogP contribution is -2.43. The number of likely N-dealkylation sites (N-methyl/N-ethyl adjacent to an activating group) is 2. The summed E-state index contributed by atoms with van der Waals surface area (Å²) in [6.45, 7) is 6.67. The van der Waals surface area contributed by atoms with Gasteiger partial charge in [0.25, 0.3) is 0 Å². The third kappa shape index (κ3) is 15.2. The van der Waals surface area contributed by atoms with Gasteiger partial charge < -0.3 is 50.8 Å². The van der Waals surface area contributed by atoms with Crippen molar-refractivity contribution in [1.82, 2.24) is 30.5 Å². The Morgan fingerprint density at radius 3 is 2.48 bits per heavy atom. The van der Waals surface area contributed by atoms with E-state index in [2.05, 4.69) is 51.5 Å². The van der Waals surface area contributed by atoms with E-state index in [4.69, 9.17) is 26.0 Å². The molecule has 17 nitrogen and oxygen atoms in total. The van der Waals surface area contributed by atoms with Gasteiger partial charge in [-0.05, 0) is 102 Å². The topological polar surface area (TPSA) is 214 Å². The molecule has 1 heterocycles. The van der Waals surface area contributed by atoms with Crippen molar-refractivity contribution in [3.05, 3.63) is 71.0 Å². The molecule has 1 unspecified atom stereocenters. The number of nitrogens with zero attached hydrogens (tertiary/aromatic N) is 6. The van der Waals surface area contributed by atoms with Crippen LogP contribution in [-0.4, -0.2) is 123 Å². The number of nitrogens with one attached hydrogen (secondary N) is 3. The van der Waals surface area contributed by atoms with Crippen molar-refractivity contribution in [2.75, 3.05) is 63.1 Å². The van der Waals surface area contributed by atoms with Gasteiger partial charge >= 0.3 is 0 Å². The van der Waals surface area contributed by atoms with E-state index in [1.807, 2.05) is 36.2 Å². The summed E-state index contributed by atoms with van der Waals surface area (Å²) < 4.78 is 11.7. The van der Waals surface area contributed by atoms with E-state index >= 15 is 0 Å². The molecule has 17 heteroatoms. The highest BCUT2D eigenvalue weighted by atomic mass is 16.5. The van der Waals surface area contributed by atoms with Crippen LogP contribution in [0.4, 0.5) is 23.1 Å². The number of carbonyl (C=O) groups excluding carboxylic acids is 4. The summed E-state index contributed by atoms with van der Waals surface area (Å²) in [6.07, 6.45) is 17.3. The van der Waals surface area contributed by atoms with Crippen LogP contribution in [0.25, 0.3) is 5.70 Å². The number of ether oxygens (including phenoxy) is 2. The second kappa shape index (κ2) is 27.8. The predicted molar refractivity (Wildman–Crippen MR) is 273 cm³/mol. The van der Waals surface area contributed by atoms with Crippen molar-refractivity contribution in [3.8, 4) is 17.6 Å². The average Bonchev–Trinajstić information content (AvgIpc) is 3.90. The maximum absolute atomic E-state index is 12.5. The van der Waals surface area contributed by atoms with E-state index in [9.17, 15) is 19.2 Å². The SMILES string of the molecule is CC[C@H](C)N(c1nc(Nc2ccc(/C(N)=C/N(N)[C@H]3CC[C@@H](NCCCOCCC#Cc4cccc(C=O)c4CN(C)C(CCC=O)C(=O)NC)CC3)cc2OC)ncc1N(C)C=O)C1CCCC1. The number of hydrazine groups is 1. The zero-order valence-corrected chi connectivity index (χ0v) is 41.5. The Kier molecular flexibility index (Phi) is 21.7. The van der Waals surface area contributed by atoms with E-state index in [1.165, 1.54) is 17.7 Å². The zero-order valence-electron chi connectivity index (χ0n) is 41.5. The van der Waals surface area contributed by atoms with E-state index in [0.717, 1.165) is 99.4 Å². The van der Waals surface area contributed by atoms with E-state index in [-0.39, 0.29) is 24.4 Å². The molecule has 0 aliphatic heterocycles. The molecule has 2 aliphatic rings. The van der Waals surface area contributed by atoms with Crippen molar-refractivity contribution in [3.63, 3.8) is 0 Å². The van der Waals surface area contributed by atoms with Crippen LogP contribution in [0.3, 0.4) is 0 Å². The Labute approximate surface area is 409 Å². The summed E-state index contributed by atoms with van der Waals surface area (Å²) >= 11 is 0. The summed E-state index contributed by atoms with van der Waals surface area (Å²) in [7, 11) is 6.72. The van der Waals surface area contributed by atoms with Gasteiger partial charge in [-0.2, -0.15) is 4.98 Å². The number of amides is 2. The number of carbonyl (C=O) groups is 4. The van der Waals surface area contributed by atoms with Crippen LogP contribution >= 0.6 is 0 Å². The number of rotatable bonds is 27. The minimum absolute atomic E-state index is 0.159. The van der Waals surface area contributed by atoms with Crippen LogP contribution in [0.1, 0.15) is 124 Å². The standard InChI is InChI=1S/C52H75N11O6/c1-7-37(2)63(43-18-8-9-19-43)50-48(61(5)36-66)32-57-52(59-50)58-46-26-21-39(31-49(46)68-6)45(53)34-62(54)42-24-22-41(23-25-42)56-27-14-30-69-29-11-10-15-38-16-12-17-40(35-65)44(38)33-60(4)47(20-13-28-64)51(67)55-3/h12,16-17,21,26,28,31-32,34-37,41-43,47,56H,7-9,11,13-14,18-20,22-25,27,29-30,33,53-54H2,1-6H3,(H,55,67)(H,57,58,59)/b45-34-/t37-,41-,42+,47?/m0/s1. The molecule has 0 bridgehead atoms. The van der Waals surface area contributed by atoms with Gasteiger partial charge in [-0.15, -0.1) is 0 Å². The Morgan fingerprint density at radius 2 is 1.80 bits per heavy atom. The van der Waals surface area contributed by atoms with Crippen molar-refractivity contribution in [2.45, 2.75) is 134 Å². The van der Waals surface area contributed by atoms with Crippen LogP contribution < -0.4 is 42.1 Å². The van der Waals surface area contributed by atoms with Gasteiger partial charge in [0.05, 0.1) is 37.3 Å². The molecule has 2 fully saturated rings.